The van der Waals surface area contributed by atoms with Gasteiger partial charge in [0, 0.05) is 6.42 Å². The van der Waals surface area contributed by atoms with Crippen molar-refractivity contribution in [2.75, 3.05) is 0 Å². The van der Waals surface area contributed by atoms with Crippen LogP contribution in [0.5, 0.6) is 0 Å². The largest absolute Gasteiger partial charge is 0.303 e. The van der Waals surface area contributed by atoms with Crippen molar-refractivity contribution in [2.24, 2.45) is 5.92 Å². The molecule has 0 unspecified atom stereocenters. The fraction of sp³-hybridized carbons (Fsp3) is 0.500. The highest BCUT2D eigenvalue weighted by Crippen LogP contribution is 2.32. The molecule has 2 heteroatoms. The number of hydrogen-bond donors (Lipinski definition) is 0. The molecule has 0 bridgehead atoms. The summed E-state index contributed by atoms with van der Waals surface area (Å²) in [6, 6.07) is 10.7. The highest BCUT2D eigenvalue weighted by atomic mass is 28.3. The van der Waals surface area contributed by atoms with Crippen LogP contribution < -0.4 is 5.19 Å². The van der Waals surface area contributed by atoms with E-state index in [1.54, 1.807) is 0 Å². The molecule has 1 aromatic carbocycles. The molecule has 88 valence electrons. The van der Waals surface area contributed by atoms with Crippen LogP contribution in [0, 0.1) is 5.92 Å². The van der Waals surface area contributed by atoms with Crippen LogP contribution >= 0.6 is 0 Å². The summed E-state index contributed by atoms with van der Waals surface area (Å²) < 4.78 is 0. The minimum Gasteiger partial charge on any atom is -0.303 e. The van der Waals surface area contributed by atoms with Crippen LogP contribution in [0.1, 0.15) is 20.3 Å². The summed E-state index contributed by atoms with van der Waals surface area (Å²) >= 11 is 0. The molecule has 0 N–H and O–H groups in total. The molecule has 0 aliphatic rings. The Hall–Kier alpha value is -0.893. The van der Waals surface area contributed by atoms with Crippen molar-refractivity contribution in [1.82, 2.24) is 0 Å². The van der Waals surface area contributed by atoms with Gasteiger partial charge in [-0.25, -0.2) is 0 Å². The number of hydrogen-bond acceptors (Lipinski definition) is 1. The molecule has 0 saturated carbocycles. The summed E-state index contributed by atoms with van der Waals surface area (Å²) in [6.07, 6.45) is 1.79. The lowest BCUT2D eigenvalue weighted by molar-refractivity contribution is -0.108. The zero-order valence-corrected chi connectivity index (χ0v) is 11.7. The number of aldehydes is 1. The molecule has 1 nitrogen and oxygen atoms in total. The van der Waals surface area contributed by atoms with Crippen LogP contribution in [0.3, 0.4) is 0 Å². The first-order valence-electron chi connectivity index (χ1n) is 5.99. The van der Waals surface area contributed by atoms with E-state index in [-0.39, 0.29) is 0 Å². The van der Waals surface area contributed by atoms with Crippen LogP contribution in [0.15, 0.2) is 30.3 Å². The fourth-order valence-corrected chi connectivity index (χ4v) is 6.42. The smallest absolute Gasteiger partial charge is 0.120 e. The first-order chi connectivity index (χ1) is 7.50. The second kappa shape index (κ2) is 5.44. The average molecular weight is 234 g/mol. The van der Waals surface area contributed by atoms with E-state index in [9.17, 15) is 4.79 Å². The Morgan fingerprint density at radius 2 is 1.75 bits per heavy atom. The molecule has 0 aliphatic heterocycles. The van der Waals surface area contributed by atoms with Gasteiger partial charge in [0.1, 0.15) is 6.29 Å². The van der Waals surface area contributed by atoms with Gasteiger partial charge >= 0.3 is 0 Å². The predicted octanol–water partition coefficient (Wildman–Crippen LogP) is 3.22. The SMILES string of the molecule is CC(C)[C@@H](CC=O)[Si](C)(C)c1ccccc1. The van der Waals surface area contributed by atoms with Gasteiger partial charge in [-0.3, -0.25) is 0 Å². The highest BCUT2D eigenvalue weighted by molar-refractivity contribution is 6.91. The van der Waals surface area contributed by atoms with Gasteiger partial charge in [0.05, 0.1) is 8.07 Å². The minimum absolute atomic E-state index is 0.535. The topological polar surface area (TPSA) is 17.1 Å². The molecule has 1 atom stereocenters. The predicted molar refractivity (Wildman–Crippen MR) is 72.8 cm³/mol. The average Bonchev–Trinajstić information content (AvgIpc) is 2.26. The van der Waals surface area contributed by atoms with Gasteiger partial charge in [0.15, 0.2) is 0 Å². The summed E-state index contributed by atoms with van der Waals surface area (Å²) in [6.45, 7) is 9.20. The maximum Gasteiger partial charge on any atom is 0.120 e. The van der Waals surface area contributed by atoms with Crippen molar-refractivity contribution in [2.45, 2.75) is 38.9 Å². The van der Waals surface area contributed by atoms with Crippen molar-refractivity contribution >= 4 is 19.5 Å². The van der Waals surface area contributed by atoms with Gasteiger partial charge in [-0.1, -0.05) is 62.5 Å². The Balaban J connectivity index is 3.02. The van der Waals surface area contributed by atoms with Gasteiger partial charge in [0.25, 0.3) is 0 Å². The molecule has 0 fully saturated rings. The first-order valence-corrected chi connectivity index (χ1v) is 9.07. The van der Waals surface area contributed by atoms with Crippen molar-refractivity contribution in [1.29, 1.82) is 0 Å². The Morgan fingerprint density at radius 3 is 2.19 bits per heavy atom. The van der Waals surface area contributed by atoms with Crippen LogP contribution in [0.25, 0.3) is 0 Å². The van der Waals surface area contributed by atoms with Gasteiger partial charge in [-0.2, -0.15) is 0 Å². The molecule has 0 spiro atoms. The van der Waals surface area contributed by atoms with E-state index in [1.807, 2.05) is 0 Å². The molecule has 1 aromatic rings. The Morgan fingerprint density at radius 1 is 1.19 bits per heavy atom. The van der Waals surface area contributed by atoms with Crippen molar-refractivity contribution in [3.05, 3.63) is 30.3 Å². The third kappa shape index (κ3) is 2.82. The fourth-order valence-electron chi connectivity index (χ4n) is 2.59. The van der Waals surface area contributed by atoms with E-state index in [2.05, 4.69) is 57.3 Å². The minimum atomic E-state index is -1.52. The second-order valence-corrected chi connectivity index (χ2v) is 10.1. The number of carbonyl (C=O) groups is 1. The van der Waals surface area contributed by atoms with E-state index < -0.39 is 8.07 Å². The summed E-state index contributed by atoms with van der Waals surface area (Å²) in [4.78, 5) is 10.8. The maximum atomic E-state index is 10.8. The third-order valence-corrected chi connectivity index (χ3v) is 8.18. The first kappa shape index (κ1) is 13.2. The molecule has 0 aliphatic carbocycles. The monoisotopic (exact) mass is 234 g/mol. The molecule has 0 saturated heterocycles. The van der Waals surface area contributed by atoms with E-state index in [0.29, 0.717) is 17.9 Å². The van der Waals surface area contributed by atoms with Crippen LogP contribution in [-0.2, 0) is 4.79 Å². The van der Waals surface area contributed by atoms with Crippen molar-refractivity contribution < 1.29 is 4.79 Å². The van der Waals surface area contributed by atoms with Crippen LogP contribution in [0.4, 0.5) is 0 Å². The molecular weight excluding hydrogens is 212 g/mol. The quantitative estimate of drug-likeness (QED) is 0.565. The third-order valence-electron chi connectivity index (χ3n) is 3.60. The van der Waals surface area contributed by atoms with Crippen LogP contribution in [0.2, 0.25) is 18.6 Å². The van der Waals surface area contributed by atoms with E-state index in [1.165, 1.54) is 5.19 Å². The number of benzene rings is 1. The zero-order valence-electron chi connectivity index (χ0n) is 10.7. The van der Waals surface area contributed by atoms with Gasteiger partial charge in [-0.05, 0) is 11.5 Å². The number of carbonyl (C=O) groups excluding carboxylic acids is 1. The summed E-state index contributed by atoms with van der Waals surface area (Å²) in [7, 11) is -1.52. The zero-order chi connectivity index (χ0) is 12.2. The lowest BCUT2D eigenvalue weighted by Crippen LogP contribution is -2.47. The molecule has 0 amide bonds. The molecule has 0 aromatic heterocycles. The number of rotatable bonds is 5. The molecular formula is C14H22OSi. The Kier molecular flexibility index (Phi) is 4.48. The molecule has 0 heterocycles. The molecule has 16 heavy (non-hydrogen) atoms. The van der Waals surface area contributed by atoms with Gasteiger partial charge in [-0.15, -0.1) is 0 Å². The van der Waals surface area contributed by atoms with E-state index >= 15 is 0 Å². The lowest BCUT2D eigenvalue weighted by Gasteiger charge is -2.34. The second-order valence-electron chi connectivity index (χ2n) is 5.34. The van der Waals surface area contributed by atoms with Crippen molar-refractivity contribution in [3.63, 3.8) is 0 Å². The Bertz CT molecular complexity index is 330. The standard InChI is InChI=1S/C14H22OSi/c1-12(2)14(10-11-15)16(3,4)13-8-6-5-7-9-13/h5-9,11-12,14H,10H2,1-4H3/t14-/m1/s1. The molecule has 0 radical (unpaired) electrons. The molecule has 1 rings (SSSR count). The van der Waals surface area contributed by atoms with Gasteiger partial charge < -0.3 is 4.79 Å². The van der Waals surface area contributed by atoms with Gasteiger partial charge in [0.2, 0.25) is 0 Å². The maximum absolute atomic E-state index is 10.8. The Labute approximate surface area is 99.9 Å². The van der Waals surface area contributed by atoms with E-state index in [4.69, 9.17) is 0 Å². The van der Waals surface area contributed by atoms with Crippen LogP contribution in [-0.4, -0.2) is 14.4 Å². The summed E-state index contributed by atoms with van der Waals surface area (Å²) in [5.41, 5.74) is 0.535. The van der Waals surface area contributed by atoms with Crippen molar-refractivity contribution in [3.8, 4) is 0 Å². The summed E-state index contributed by atoms with van der Waals surface area (Å²) in [5, 5.41) is 1.45. The van der Waals surface area contributed by atoms with E-state index in [0.717, 1.165) is 6.29 Å². The summed E-state index contributed by atoms with van der Waals surface area (Å²) in [5.74, 6) is 0.576. The highest BCUT2D eigenvalue weighted by Gasteiger charge is 2.34. The normalized spacial score (nSPS) is 13.8. The lowest BCUT2D eigenvalue weighted by atomic mass is 10.1.